The van der Waals surface area contributed by atoms with Gasteiger partial charge in [0.1, 0.15) is 36.8 Å². The van der Waals surface area contributed by atoms with E-state index in [1.54, 1.807) is 0 Å². The summed E-state index contributed by atoms with van der Waals surface area (Å²) in [5.74, 6) is -2.05. The summed E-state index contributed by atoms with van der Waals surface area (Å²) in [7, 11) is -4.61. The summed E-state index contributed by atoms with van der Waals surface area (Å²) < 4.78 is 53.9. The number of carbonyl (C=O) groups is 2. The lowest BCUT2D eigenvalue weighted by molar-refractivity contribution is -0.297. The van der Waals surface area contributed by atoms with Gasteiger partial charge in [-0.15, -0.1) is 0 Å². The molecule has 0 aromatic heterocycles. The Morgan fingerprint density at radius 1 is 0.603 bits per heavy atom. The second-order valence-electron chi connectivity index (χ2n) is 14.6. The minimum atomic E-state index is -4.61. The van der Waals surface area contributed by atoms with Crippen molar-refractivity contribution in [3.8, 4) is 0 Å². The van der Waals surface area contributed by atoms with Crippen LogP contribution < -0.4 is 0 Å². The summed E-state index contributed by atoms with van der Waals surface area (Å²) in [5, 5.41) is 30.8. The maximum absolute atomic E-state index is 12.8. The highest BCUT2D eigenvalue weighted by atomic mass is 32.2. The number of hydrogen-bond acceptors (Lipinski definition) is 11. The van der Waals surface area contributed by atoms with Crippen LogP contribution in [0.4, 0.5) is 0 Å². The first kappa shape index (κ1) is 53.1. The molecule has 0 amide bonds. The molecule has 6 unspecified atom stereocenters. The van der Waals surface area contributed by atoms with Crippen LogP contribution in [0.1, 0.15) is 142 Å². The number of aliphatic hydroxyl groups is 3. The van der Waals surface area contributed by atoms with Crippen LogP contribution in [0.5, 0.6) is 0 Å². The Labute approximate surface area is 348 Å². The summed E-state index contributed by atoms with van der Waals surface area (Å²) >= 11 is 0. The van der Waals surface area contributed by atoms with Gasteiger partial charge in [-0.05, 0) is 77.0 Å². The topological polar surface area (TPSA) is 186 Å². The predicted octanol–water partition coefficient (Wildman–Crippen LogP) is 8.33. The molecule has 0 aromatic rings. The summed E-state index contributed by atoms with van der Waals surface area (Å²) in [6.45, 7) is 3.54. The average Bonchev–Trinajstić information content (AvgIpc) is 3.18. The highest BCUT2D eigenvalue weighted by molar-refractivity contribution is 7.85. The number of rotatable bonds is 34. The number of esters is 2. The van der Waals surface area contributed by atoms with Gasteiger partial charge in [0, 0.05) is 12.8 Å². The van der Waals surface area contributed by atoms with Crippen LogP contribution in [-0.2, 0) is 38.7 Å². The molecule has 1 saturated heterocycles. The molecule has 0 radical (unpaired) electrons. The van der Waals surface area contributed by atoms with Crippen molar-refractivity contribution in [2.45, 2.75) is 179 Å². The molecule has 0 aliphatic carbocycles. The fourth-order valence-corrected chi connectivity index (χ4v) is 6.61. The van der Waals surface area contributed by atoms with Crippen LogP contribution in [0.15, 0.2) is 72.9 Å². The third-order valence-corrected chi connectivity index (χ3v) is 10.0. The van der Waals surface area contributed by atoms with Gasteiger partial charge in [-0.3, -0.25) is 14.1 Å². The highest BCUT2D eigenvalue weighted by Crippen LogP contribution is 2.24. The molecule has 1 aliphatic heterocycles. The Hall–Kier alpha value is -2.91. The molecule has 1 heterocycles. The molecule has 4 N–H and O–H groups in total. The molecule has 0 spiro atoms. The van der Waals surface area contributed by atoms with Gasteiger partial charge < -0.3 is 34.3 Å². The van der Waals surface area contributed by atoms with Crippen LogP contribution in [0.25, 0.3) is 0 Å². The highest BCUT2D eigenvalue weighted by Gasteiger charge is 2.46. The molecular formula is C45H74O12S. The molecule has 58 heavy (non-hydrogen) atoms. The minimum Gasteiger partial charge on any atom is -0.462 e. The number of unbranched alkanes of at least 4 members (excludes halogenated alkanes) is 10. The number of hydrogen-bond donors (Lipinski definition) is 4. The van der Waals surface area contributed by atoms with Crippen molar-refractivity contribution in [1.29, 1.82) is 0 Å². The lowest BCUT2D eigenvalue weighted by Crippen LogP contribution is -2.60. The van der Waals surface area contributed by atoms with Crippen LogP contribution >= 0.6 is 0 Å². The van der Waals surface area contributed by atoms with Crippen molar-refractivity contribution in [2.24, 2.45) is 0 Å². The van der Waals surface area contributed by atoms with Crippen LogP contribution in [0.3, 0.4) is 0 Å². The van der Waals surface area contributed by atoms with Gasteiger partial charge >= 0.3 is 11.9 Å². The van der Waals surface area contributed by atoms with Gasteiger partial charge in [-0.1, -0.05) is 125 Å². The largest absolute Gasteiger partial charge is 0.462 e. The Kier molecular flexibility index (Phi) is 32.0. The van der Waals surface area contributed by atoms with Crippen molar-refractivity contribution < 1.29 is 56.8 Å². The fraction of sp³-hybridized carbons (Fsp3) is 0.689. The predicted molar refractivity (Wildman–Crippen MR) is 228 cm³/mol. The molecule has 6 atom stereocenters. The Morgan fingerprint density at radius 2 is 1.09 bits per heavy atom. The van der Waals surface area contributed by atoms with E-state index in [0.29, 0.717) is 12.8 Å². The van der Waals surface area contributed by atoms with E-state index in [1.165, 1.54) is 12.8 Å². The summed E-state index contributed by atoms with van der Waals surface area (Å²) in [6.07, 6.45) is 33.8. The molecule has 12 nitrogen and oxygen atoms in total. The van der Waals surface area contributed by atoms with Gasteiger partial charge in [0.25, 0.3) is 10.1 Å². The van der Waals surface area contributed by atoms with E-state index < -0.39 is 71.2 Å². The normalized spacial score (nSPS) is 21.1. The number of carbonyl (C=O) groups excluding carboxylic acids is 2. The van der Waals surface area contributed by atoms with Gasteiger partial charge in [0.2, 0.25) is 0 Å². The van der Waals surface area contributed by atoms with Crippen LogP contribution in [0.2, 0.25) is 0 Å². The van der Waals surface area contributed by atoms with E-state index in [2.05, 4.69) is 86.8 Å². The van der Waals surface area contributed by atoms with E-state index in [0.717, 1.165) is 89.9 Å². The first-order chi connectivity index (χ1) is 28.0. The van der Waals surface area contributed by atoms with E-state index in [-0.39, 0.29) is 19.4 Å². The molecule has 1 rings (SSSR count). The van der Waals surface area contributed by atoms with Gasteiger partial charge in [-0.25, -0.2) is 0 Å². The average molecular weight is 839 g/mol. The maximum atomic E-state index is 12.8. The molecule has 0 bridgehead atoms. The van der Waals surface area contributed by atoms with Gasteiger partial charge in [0.15, 0.2) is 12.4 Å². The third-order valence-electron chi connectivity index (χ3n) is 9.27. The zero-order chi connectivity index (χ0) is 42.7. The molecule has 1 aliphatic rings. The Morgan fingerprint density at radius 3 is 1.66 bits per heavy atom. The van der Waals surface area contributed by atoms with Gasteiger partial charge in [-0.2, -0.15) is 8.42 Å². The smallest absolute Gasteiger partial charge is 0.306 e. The summed E-state index contributed by atoms with van der Waals surface area (Å²) in [6, 6.07) is 0. The number of ether oxygens (including phenoxy) is 4. The van der Waals surface area contributed by atoms with Crippen molar-refractivity contribution in [3.63, 3.8) is 0 Å². The summed E-state index contributed by atoms with van der Waals surface area (Å²) in [4.78, 5) is 25.3. The second-order valence-corrected chi connectivity index (χ2v) is 16.1. The van der Waals surface area contributed by atoms with Crippen molar-refractivity contribution >= 4 is 22.1 Å². The quantitative estimate of drug-likeness (QED) is 0.0210. The first-order valence-electron chi connectivity index (χ1n) is 21.5. The Balaban J connectivity index is 2.50. The van der Waals surface area contributed by atoms with Crippen LogP contribution in [0, 0.1) is 0 Å². The molecule has 1 fully saturated rings. The zero-order valence-electron chi connectivity index (χ0n) is 35.1. The van der Waals surface area contributed by atoms with Crippen molar-refractivity contribution in [2.75, 3.05) is 19.0 Å². The van der Waals surface area contributed by atoms with E-state index in [4.69, 9.17) is 18.9 Å². The number of aliphatic hydroxyl groups excluding tert-OH is 3. The number of allylic oxidation sites excluding steroid dienone is 12. The second kappa shape index (κ2) is 34.9. The monoisotopic (exact) mass is 838 g/mol. The molecule has 0 saturated carbocycles. The fourth-order valence-electron chi connectivity index (χ4n) is 5.92. The van der Waals surface area contributed by atoms with Crippen molar-refractivity contribution in [1.82, 2.24) is 0 Å². The van der Waals surface area contributed by atoms with Crippen molar-refractivity contribution in [3.05, 3.63) is 72.9 Å². The van der Waals surface area contributed by atoms with Crippen LogP contribution in [-0.4, -0.2) is 96.0 Å². The minimum absolute atomic E-state index is 0.120. The summed E-state index contributed by atoms with van der Waals surface area (Å²) in [5.41, 5.74) is 0. The van der Waals surface area contributed by atoms with E-state index in [9.17, 15) is 37.9 Å². The third kappa shape index (κ3) is 29.3. The molecular weight excluding hydrogens is 765 g/mol. The lowest BCUT2D eigenvalue weighted by Gasteiger charge is -2.40. The molecule has 332 valence electrons. The van der Waals surface area contributed by atoms with Gasteiger partial charge in [0.05, 0.1) is 6.61 Å². The maximum Gasteiger partial charge on any atom is 0.306 e. The SMILES string of the molecule is CC/C=C\C/C=C\C/C=C\C/C=C\C/C=C\CCCCCC(=O)OC(COC(=O)CCCCCCC/C=C\CCCC)COC1OC(CS(=O)(=O)O)C(O)C(O)C1O. The molecule has 0 aromatic carbocycles. The lowest BCUT2D eigenvalue weighted by atomic mass is 10.00. The first-order valence-corrected chi connectivity index (χ1v) is 23.1. The standard InChI is InChI=1S/C45H74O12S/c1-3-5-7-9-11-13-15-16-17-18-19-20-21-22-24-26-28-30-32-34-41(47)56-38(35-54-40(46)33-31-29-27-25-23-14-12-10-8-6-4-2)36-55-45-44(50)43(49)42(48)39(57-45)37-58(51,52)53/h5,7,10-13,16-17,19-20,22,24,38-39,42-45,48-50H,3-4,6,8-9,14-15,18,21,23,25-37H2,1-2H3,(H,51,52,53)/b7-5-,12-10-,13-11-,17-16-,20-19-,24-22-. The molecule has 13 heteroatoms. The van der Waals surface area contributed by atoms with E-state index in [1.807, 2.05) is 0 Å². The Bertz CT molecular complexity index is 1350. The zero-order valence-corrected chi connectivity index (χ0v) is 35.9. The van der Waals surface area contributed by atoms with E-state index >= 15 is 0 Å².